The number of aliphatic hydroxyl groups is 1. The molecular formula is C19H26N4O2. The van der Waals surface area contributed by atoms with Crippen LogP contribution in [0.25, 0.3) is 5.69 Å². The van der Waals surface area contributed by atoms with Crippen LogP contribution in [0.3, 0.4) is 0 Å². The summed E-state index contributed by atoms with van der Waals surface area (Å²) in [6.07, 6.45) is 4.63. The summed E-state index contributed by atoms with van der Waals surface area (Å²) in [5.74, 6) is 0. The lowest BCUT2D eigenvalue weighted by Gasteiger charge is -2.29. The number of carbonyl (C=O) groups is 1. The molecule has 25 heavy (non-hydrogen) atoms. The van der Waals surface area contributed by atoms with Crippen molar-refractivity contribution in [3.05, 3.63) is 48.3 Å². The molecule has 2 N–H and O–H groups in total. The first-order valence-electron chi connectivity index (χ1n) is 8.73. The monoisotopic (exact) mass is 342 g/mol. The van der Waals surface area contributed by atoms with Gasteiger partial charge in [0.2, 0.25) is 0 Å². The lowest BCUT2D eigenvalue weighted by molar-refractivity contribution is 0.121. The Morgan fingerprint density at radius 1 is 1.36 bits per heavy atom. The minimum Gasteiger partial charge on any atom is -0.393 e. The molecule has 3 rings (SSSR count). The van der Waals surface area contributed by atoms with Gasteiger partial charge in [-0.05, 0) is 36.0 Å². The van der Waals surface area contributed by atoms with Crippen molar-refractivity contribution in [2.75, 3.05) is 13.1 Å². The molecule has 0 aliphatic carbocycles. The number of carbonyl (C=O) groups excluding carboxylic acids is 1. The van der Waals surface area contributed by atoms with E-state index in [1.165, 1.54) is 0 Å². The van der Waals surface area contributed by atoms with Crippen LogP contribution in [0.2, 0.25) is 0 Å². The van der Waals surface area contributed by atoms with E-state index in [4.69, 9.17) is 0 Å². The van der Waals surface area contributed by atoms with E-state index in [9.17, 15) is 9.90 Å². The molecule has 1 aliphatic heterocycles. The predicted octanol–water partition coefficient (Wildman–Crippen LogP) is 2.56. The van der Waals surface area contributed by atoms with Crippen LogP contribution in [0.15, 0.2) is 42.7 Å². The van der Waals surface area contributed by atoms with Crippen molar-refractivity contribution < 1.29 is 9.90 Å². The third-order valence-electron chi connectivity index (χ3n) is 4.60. The molecule has 0 bridgehead atoms. The maximum Gasteiger partial charge on any atom is 0.317 e. The van der Waals surface area contributed by atoms with E-state index in [-0.39, 0.29) is 17.6 Å². The number of amides is 2. The molecule has 2 amide bonds. The zero-order valence-corrected chi connectivity index (χ0v) is 14.9. The van der Waals surface area contributed by atoms with Crippen LogP contribution in [0.1, 0.15) is 32.3 Å². The van der Waals surface area contributed by atoms with Crippen molar-refractivity contribution in [1.29, 1.82) is 0 Å². The van der Waals surface area contributed by atoms with E-state index in [2.05, 4.69) is 24.3 Å². The summed E-state index contributed by atoms with van der Waals surface area (Å²) in [5, 5.41) is 17.3. The molecule has 6 nitrogen and oxygen atoms in total. The van der Waals surface area contributed by atoms with Crippen molar-refractivity contribution in [2.24, 2.45) is 5.41 Å². The molecule has 1 fully saturated rings. The zero-order valence-electron chi connectivity index (χ0n) is 14.9. The van der Waals surface area contributed by atoms with Crippen molar-refractivity contribution in [2.45, 2.75) is 39.3 Å². The summed E-state index contributed by atoms with van der Waals surface area (Å²) >= 11 is 0. The van der Waals surface area contributed by atoms with Crippen LogP contribution in [-0.4, -0.2) is 45.0 Å². The van der Waals surface area contributed by atoms with Crippen LogP contribution < -0.4 is 5.32 Å². The Balaban J connectivity index is 1.67. The number of benzene rings is 1. The summed E-state index contributed by atoms with van der Waals surface area (Å²) in [5.41, 5.74) is 1.88. The van der Waals surface area contributed by atoms with E-state index < -0.39 is 0 Å². The smallest absolute Gasteiger partial charge is 0.317 e. The molecule has 1 aromatic carbocycles. The number of nitrogens with one attached hydrogen (secondary N) is 1. The van der Waals surface area contributed by atoms with Crippen LogP contribution >= 0.6 is 0 Å². The summed E-state index contributed by atoms with van der Waals surface area (Å²) in [7, 11) is 0. The molecule has 6 heteroatoms. The largest absolute Gasteiger partial charge is 0.393 e. The lowest BCUT2D eigenvalue weighted by Crippen LogP contribution is -2.43. The van der Waals surface area contributed by atoms with Crippen molar-refractivity contribution >= 4 is 6.03 Å². The third kappa shape index (κ3) is 4.39. The van der Waals surface area contributed by atoms with Crippen molar-refractivity contribution in [3.8, 4) is 5.69 Å². The van der Waals surface area contributed by atoms with Gasteiger partial charge in [-0.25, -0.2) is 9.48 Å². The maximum absolute atomic E-state index is 12.6. The molecule has 2 aromatic rings. The van der Waals surface area contributed by atoms with Gasteiger partial charge in [0, 0.05) is 32.0 Å². The first kappa shape index (κ1) is 17.5. The van der Waals surface area contributed by atoms with Crippen LogP contribution in [0.4, 0.5) is 4.79 Å². The second kappa shape index (κ2) is 7.27. The molecule has 2 heterocycles. The Bertz CT molecular complexity index is 712. The number of likely N-dealkylation sites (tertiary alicyclic amines) is 1. The van der Waals surface area contributed by atoms with Gasteiger partial charge in [0.05, 0.1) is 11.8 Å². The van der Waals surface area contributed by atoms with E-state index in [1.54, 1.807) is 10.9 Å². The van der Waals surface area contributed by atoms with Crippen molar-refractivity contribution in [1.82, 2.24) is 20.0 Å². The topological polar surface area (TPSA) is 70.4 Å². The fraction of sp³-hybridized carbons (Fsp3) is 0.474. The summed E-state index contributed by atoms with van der Waals surface area (Å²) in [6.45, 7) is 5.85. The minimum absolute atomic E-state index is 0.0831. The molecule has 1 atom stereocenters. The normalized spacial score (nSPS) is 20.1. The second-order valence-electron chi connectivity index (χ2n) is 7.47. The number of aromatic nitrogens is 2. The van der Waals surface area contributed by atoms with Crippen LogP contribution in [-0.2, 0) is 6.54 Å². The molecule has 1 saturated heterocycles. The minimum atomic E-state index is -0.339. The highest BCUT2D eigenvalue weighted by atomic mass is 16.3. The first-order valence-corrected chi connectivity index (χ1v) is 8.73. The van der Waals surface area contributed by atoms with Gasteiger partial charge in [0.1, 0.15) is 0 Å². The SMILES string of the molecule is CC1(C)CC(O)CCN(C(=O)NCc2ccccc2-n2cccn2)C1. The number of aliphatic hydroxyl groups excluding tert-OH is 1. The van der Waals surface area contributed by atoms with E-state index in [0.29, 0.717) is 26.1 Å². The quantitative estimate of drug-likeness (QED) is 0.901. The Hall–Kier alpha value is -2.34. The number of hydrogen-bond acceptors (Lipinski definition) is 3. The number of urea groups is 1. The highest BCUT2D eigenvalue weighted by molar-refractivity contribution is 5.74. The molecule has 0 spiro atoms. The molecule has 1 aliphatic rings. The molecular weight excluding hydrogens is 316 g/mol. The fourth-order valence-corrected chi connectivity index (χ4v) is 3.46. The Morgan fingerprint density at radius 2 is 2.16 bits per heavy atom. The highest BCUT2D eigenvalue weighted by Gasteiger charge is 2.31. The second-order valence-corrected chi connectivity index (χ2v) is 7.47. The molecule has 0 radical (unpaired) electrons. The van der Waals surface area contributed by atoms with Gasteiger partial charge in [-0.15, -0.1) is 0 Å². The first-order chi connectivity index (χ1) is 11.9. The van der Waals surface area contributed by atoms with E-state index in [0.717, 1.165) is 17.7 Å². The Kier molecular flexibility index (Phi) is 5.08. The van der Waals surface area contributed by atoms with Crippen molar-refractivity contribution in [3.63, 3.8) is 0 Å². The zero-order chi connectivity index (χ0) is 17.9. The predicted molar refractivity (Wildman–Crippen MR) is 96.4 cm³/mol. The van der Waals surface area contributed by atoms with Gasteiger partial charge in [-0.3, -0.25) is 0 Å². The standard InChI is InChI=1S/C19H26N4O2/c1-19(2)12-16(24)8-11-22(14-19)18(25)20-13-15-6-3-4-7-17(15)23-10-5-9-21-23/h3-7,9-10,16,24H,8,11-14H2,1-2H3,(H,20,25). The number of para-hydroxylation sites is 1. The van der Waals surface area contributed by atoms with Gasteiger partial charge in [0.25, 0.3) is 0 Å². The summed E-state index contributed by atoms with van der Waals surface area (Å²) in [6, 6.07) is 9.69. The van der Waals surface area contributed by atoms with Gasteiger partial charge in [-0.1, -0.05) is 32.0 Å². The lowest BCUT2D eigenvalue weighted by atomic mass is 9.87. The number of hydrogen-bond donors (Lipinski definition) is 2. The maximum atomic E-state index is 12.6. The average Bonchev–Trinajstić information content (AvgIpc) is 3.06. The van der Waals surface area contributed by atoms with Gasteiger partial charge in [-0.2, -0.15) is 5.10 Å². The average molecular weight is 342 g/mol. The third-order valence-corrected chi connectivity index (χ3v) is 4.60. The van der Waals surface area contributed by atoms with Gasteiger partial charge in [0.15, 0.2) is 0 Å². The van der Waals surface area contributed by atoms with Gasteiger partial charge >= 0.3 is 6.03 Å². The summed E-state index contributed by atoms with van der Waals surface area (Å²) < 4.78 is 1.80. The van der Waals surface area contributed by atoms with E-state index >= 15 is 0 Å². The summed E-state index contributed by atoms with van der Waals surface area (Å²) in [4.78, 5) is 14.4. The van der Waals surface area contributed by atoms with E-state index in [1.807, 2.05) is 41.4 Å². The van der Waals surface area contributed by atoms with Crippen LogP contribution in [0.5, 0.6) is 0 Å². The highest BCUT2D eigenvalue weighted by Crippen LogP contribution is 2.28. The Labute approximate surface area is 148 Å². The number of rotatable bonds is 3. The Morgan fingerprint density at radius 3 is 2.92 bits per heavy atom. The number of nitrogens with zero attached hydrogens (tertiary/aromatic N) is 3. The molecule has 1 unspecified atom stereocenters. The molecule has 1 aromatic heterocycles. The van der Waals surface area contributed by atoms with Crippen LogP contribution in [0, 0.1) is 5.41 Å². The van der Waals surface area contributed by atoms with Gasteiger partial charge < -0.3 is 15.3 Å². The molecule has 0 saturated carbocycles. The molecule has 134 valence electrons. The fourth-order valence-electron chi connectivity index (χ4n) is 3.46.